The fraction of sp³-hybridized carbons (Fsp3) is 0.636. The van der Waals surface area contributed by atoms with Crippen molar-refractivity contribution in [3.05, 3.63) is 30.3 Å². The lowest BCUT2D eigenvalue weighted by atomic mass is 10.0. The number of alkyl halides is 4. The summed E-state index contributed by atoms with van der Waals surface area (Å²) in [5, 5.41) is 7.83. The summed E-state index contributed by atoms with van der Waals surface area (Å²) in [7, 11) is -2.36. The molecule has 0 aliphatic carbocycles. The number of benzene rings is 1. The SMILES string of the molecule is CC(=O)O[C@H]1[C@H](O[Si](C)(C)C(C)(C)C)[C@@H](Sc2ccccc2)[C@@H](OC(=N)C(Cl)(Cl)Cl)O[C@@H]1CBr. The molecular formula is C22H31BrCl3NO5SSi. The third-order valence-electron chi connectivity index (χ3n) is 5.79. The Hall–Kier alpha value is -0.00312. The quantitative estimate of drug-likeness (QED) is 0.115. The second kappa shape index (κ2) is 12.0. The largest absolute Gasteiger partial charge is 0.457 e. The Balaban J connectivity index is 2.57. The zero-order valence-electron chi connectivity index (χ0n) is 19.9. The molecule has 1 saturated heterocycles. The third-order valence-corrected chi connectivity index (χ3v) is 12.7. The van der Waals surface area contributed by atoms with Crippen LogP contribution in [0.3, 0.4) is 0 Å². The van der Waals surface area contributed by atoms with E-state index in [0.29, 0.717) is 5.33 Å². The van der Waals surface area contributed by atoms with Crippen LogP contribution in [0, 0.1) is 5.41 Å². The van der Waals surface area contributed by atoms with Crippen LogP contribution in [0.5, 0.6) is 0 Å². The van der Waals surface area contributed by atoms with Crippen LogP contribution in [-0.2, 0) is 23.4 Å². The van der Waals surface area contributed by atoms with E-state index in [9.17, 15) is 4.79 Å². The van der Waals surface area contributed by atoms with E-state index in [1.54, 1.807) is 0 Å². The average molecular weight is 636 g/mol. The molecule has 0 amide bonds. The Kier molecular flexibility index (Phi) is 10.7. The number of esters is 1. The number of hydrogen-bond acceptors (Lipinski definition) is 7. The first-order valence-corrected chi connectivity index (χ1v) is 16.7. The van der Waals surface area contributed by atoms with Gasteiger partial charge in [0.15, 0.2) is 14.4 Å². The summed E-state index contributed by atoms with van der Waals surface area (Å²) in [4.78, 5) is 13.0. The van der Waals surface area contributed by atoms with E-state index in [4.69, 9.17) is 58.8 Å². The molecule has 192 valence electrons. The number of carbonyl (C=O) groups excluding carboxylic acids is 1. The molecule has 1 fully saturated rings. The van der Waals surface area contributed by atoms with Crippen molar-refractivity contribution in [2.75, 3.05) is 5.33 Å². The van der Waals surface area contributed by atoms with Crippen LogP contribution >= 0.6 is 62.5 Å². The maximum atomic E-state index is 12.1. The number of carbonyl (C=O) groups is 1. The van der Waals surface area contributed by atoms with Crippen molar-refractivity contribution in [1.82, 2.24) is 0 Å². The van der Waals surface area contributed by atoms with Gasteiger partial charge in [0.25, 0.3) is 3.79 Å². The number of nitrogens with one attached hydrogen (secondary N) is 1. The van der Waals surface area contributed by atoms with Crippen molar-refractivity contribution in [2.45, 2.75) is 84.4 Å². The van der Waals surface area contributed by atoms with Gasteiger partial charge in [-0.3, -0.25) is 10.2 Å². The van der Waals surface area contributed by atoms with Crippen molar-refractivity contribution in [3.8, 4) is 0 Å². The van der Waals surface area contributed by atoms with Crippen molar-refractivity contribution >= 4 is 82.7 Å². The monoisotopic (exact) mass is 633 g/mol. The molecule has 0 unspecified atom stereocenters. The molecule has 12 heteroatoms. The highest BCUT2D eigenvalue weighted by Crippen LogP contribution is 2.44. The van der Waals surface area contributed by atoms with Crippen LogP contribution < -0.4 is 0 Å². The maximum absolute atomic E-state index is 12.1. The molecule has 6 nitrogen and oxygen atoms in total. The highest BCUT2D eigenvalue weighted by molar-refractivity contribution is 9.09. The topological polar surface area (TPSA) is 77.8 Å². The zero-order chi connectivity index (χ0) is 25.9. The second-order valence-corrected chi connectivity index (χ2v) is 18.4. The number of rotatable bonds is 7. The first kappa shape index (κ1) is 30.2. The highest BCUT2D eigenvalue weighted by Gasteiger charge is 2.54. The van der Waals surface area contributed by atoms with Gasteiger partial charge in [0.1, 0.15) is 17.5 Å². The van der Waals surface area contributed by atoms with Gasteiger partial charge < -0.3 is 18.6 Å². The Morgan fingerprint density at radius 1 is 1.15 bits per heavy atom. The van der Waals surface area contributed by atoms with E-state index < -0.39 is 53.8 Å². The first-order chi connectivity index (χ1) is 15.6. The number of hydrogen-bond donors (Lipinski definition) is 1. The molecule has 2 rings (SSSR count). The average Bonchev–Trinajstić information content (AvgIpc) is 2.70. The Morgan fingerprint density at radius 3 is 2.21 bits per heavy atom. The summed E-state index contributed by atoms with van der Waals surface area (Å²) < 4.78 is 22.5. The van der Waals surface area contributed by atoms with Crippen molar-refractivity contribution in [3.63, 3.8) is 0 Å². The number of thioether (sulfide) groups is 1. The smallest absolute Gasteiger partial charge is 0.303 e. The number of halogens is 4. The third kappa shape index (κ3) is 8.00. The van der Waals surface area contributed by atoms with Crippen LogP contribution in [-0.4, -0.2) is 59.2 Å². The second-order valence-electron chi connectivity index (χ2n) is 9.45. The molecule has 0 aromatic heterocycles. The summed E-state index contributed by atoms with van der Waals surface area (Å²) in [6.07, 6.45) is -2.94. The van der Waals surface area contributed by atoms with Gasteiger partial charge in [0.2, 0.25) is 12.2 Å². The molecule has 1 aliphatic rings. The zero-order valence-corrected chi connectivity index (χ0v) is 25.6. The summed E-state index contributed by atoms with van der Waals surface area (Å²) >= 11 is 22.6. The van der Waals surface area contributed by atoms with Gasteiger partial charge in [-0.05, 0) is 30.3 Å². The van der Waals surface area contributed by atoms with Crippen LogP contribution in [0.4, 0.5) is 0 Å². The standard InChI is InChI=1S/C22H31BrCl3NO5SSi/c1-13(28)29-16-15(12-23)30-19(31-20(27)22(24,25)26)18(33-14-10-8-7-9-11-14)17(16)32-34(5,6)21(2,3)4/h7-11,15-19,27H,12H2,1-6H3/t15-,16-,17+,18-,19-/m1/s1. The minimum absolute atomic E-state index is 0.113. The van der Waals surface area contributed by atoms with Gasteiger partial charge >= 0.3 is 5.97 Å². The normalized spacial score (nSPS) is 26.1. The van der Waals surface area contributed by atoms with E-state index >= 15 is 0 Å². The highest BCUT2D eigenvalue weighted by atomic mass is 79.9. The molecule has 1 N–H and O–H groups in total. The van der Waals surface area contributed by atoms with Crippen LogP contribution in [0.2, 0.25) is 18.1 Å². The lowest BCUT2D eigenvalue weighted by molar-refractivity contribution is -0.223. The summed E-state index contributed by atoms with van der Waals surface area (Å²) in [5.74, 6) is -1.01. The Labute approximate surface area is 230 Å². The van der Waals surface area contributed by atoms with Crippen LogP contribution in [0.25, 0.3) is 0 Å². The molecule has 1 aliphatic heterocycles. The van der Waals surface area contributed by atoms with E-state index in [0.717, 1.165) is 4.90 Å². The van der Waals surface area contributed by atoms with Gasteiger partial charge in [-0.2, -0.15) is 0 Å². The summed E-state index contributed by atoms with van der Waals surface area (Å²) in [6.45, 7) is 12.0. The lowest BCUT2D eigenvalue weighted by Gasteiger charge is -2.49. The van der Waals surface area contributed by atoms with Gasteiger partial charge in [-0.25, -0.2) is 0 Å². The molecule has 0 spiro atoms. The van der Waals surface area contributed by atoms with E-state index in [1.165, 1.54) is 18.7 Å². The molecule has 0 radical (unpaired) electrons. The first-order valence-electron chi connectivity index (χ1n) is 10.7. The van der Waals surface area contributed by atoms with Crippen molar-refractivity contribution in [2.24, 2.45) is 0 Å². The van der Waals surface area contributed by atoms with Crippen molar-refractivity contribution in [1.29, 1.82) is 5.41 Å². The number of ether oxygens (including phenoxy) is 3. The van der Waals surface area contributed by atoms with E-state index in [1.807, 2.05) is 30.3 Å². The lowest BCUT2D eigenvalue weighted by Crippen LogP contribution is -2.63. The van der Waals surface area contributed by atoms with E-state index in [2.05, 4.69) is 49.8 Å². The minimum atomic E-state index is -2.36. The minimum Gasteiger partial charge on any atom is -0.457 e. The molecule has 34 heavy (non-hydrogen) atoms. The Bertz CT molecular complexity index is 853. The van der Waals surface area contributed by atoms with Crippen molar-refractivity contribution < 1.29 is 23.4 Å². The predicted molar refractivity (Wildman–Crippen MR) is 145 cm³/mol. The van der Waals surface area contributed by atoms with Gasteiger partial charge in [0, 0.05) is 17.1 Å². The Morgan fingerprint density at radius 2 is 1.74 bits per heavy atom. The molecular weight excluding hydrogens is 605 g/mol. The van der Waals surface area contributed by atoms with Gasteiger partial charge in [-0.1, -0.05) is 89.7 Å². The van der Waals surface area contributed by atoms with Crippen LogP contribution in [0.1, 0.15) is 27.7 Å². The molecule has 0 bridgehead atoms. The fourth-order valence-electron chi connectivity index (χ4n) is 3.05. The predicted octanol–water partition coefficient (Wildman–Crippen LogP) is 6.95. The molecule has 1 aromatic rings. The maximum Gasteiger partial charge on any atom is 0.303 e. The van der Waals surface area contributed by atoms with Gasteiger partial charge in [-0.15, -0.1) is 11.8 Å². The van der Waals surface area contributed by atoms with E-state index in [-0.39, 0.29) is 5.04 Å². The molecule has 1 heterocycles. The fourth-order valence-corrected chi connectivity index (χ4v) is 6.32. The summed E-state index contributed by atoms with van der Waals surface area (Å²) in [6, 6.07) is 9.64. The van der Waals surface area contributed by atoms with Crippen LogP contribution in [0.15, 0.2) is 35.2 Å². The molecule has 0 saturated carbocycles. The summed E-state index contributed by atoms with van der Waals surface area (Å²) in [5.41, 5.74) is 0. The molecule has 1 aromatic carbocycles. The van der Waals surface area contributed by atoms with Gasteiger partial charge in [0.05, 0.1) is 0 Å². The molecule has 5 atom stereocenters.